The monoisotopic (exact) mass is 327 g/mol. The fourth-order valence-electron chi connectivity index (χ4n) is 2.72. The molecule has 0 bridgehead atoms. The lowest BCUT2D eigenvalue weighted by molar-refractivity contribution is 0.117. The van der Waals surface area contributed by atoms with Gasteiger partial charge in [0.25, 0.3) is 0 Å². The van der Waals surface area contributed by atoms with Crippen LogP contribution in [-0.4, -0.2) is 26.4 Å². The summed E-state index contributed by atoms with van der Waals surface area (Å²) in [5.74, 6) is 1.40. The Kier molecular flexibility index (Phi) is 5.25. The Hall–Kier alpha value is -0.580. The highest BCUT2D eigenvalue weighted by Gasteiger charge is 2.31. The average molecular weight is 328 g/mol. The molecule has 1 heterocycles. The number of rotatable bonds is 5. The van der Waals surface area contributed by atoms with Gasteiger partial charge >= 0.3 is 0 Å². The van der Waals surface area contributed by atoms with E-state index in [0.717, 1.165) is 29.8 Å². The van der Waals surface area contributed by atoms with Gasteiger partial charge in [-0.15, -0.1) is 0 Å². The number of hydrogen-bond donors (Lipinski definition) is 1. The maximum Gasteiger partial charge on any atom is 0.120 e. The Balaban J connectivity index is 2.23. The van der Waals surface area contributed by atoms with Crippen LogP contribution in [0, 0.1) is 5.92 Å². The fraction of sp³-hybridized carbons (Fsp3) is 0.600. The van der Waals surface area contributed by atoms with E-state index in [4.69, 9.17) is 9.47 Å². The molecule has 2 rings (SSSR count). The number of nitrogens with one attached hydrogen (secondary N) is 1. The van der Waals surface area contributed by atoms with Crippen LogP contribution in [0.2, 0.25) is 0 Å². The first kappa shape index (κ1) is 14.8. The molecule has 0 saturated carbocycles. The maximum absolute atomic E-state index is 5.72. The Bertz CT molecular complexity index is 425. The van der Waals surface area contributed by atoms with Crippen molar-refractivity contribution >= 4 is 15.9 Å². The number of benzene rings is 1. The van der Waals surface area contributed by atoms with Crippen molar-refractivity contribution in [1.82, 2.24) is 5.32 Å². The molecule has 3 atom stereocenters. The van der Waals surface area contributed by atoms with E-state index < -0.39 is 0 Å². The van der Waals surface area contributed by atoms with E-state index >= 15 is 0 Å². The van der Waals surface area contributed by atoms with E-state index in [9.17, 15) is 0 Å². The van der Waals surface area contributed by atoms with Gasteiger partial charge in [0.05, 0.1) is 19.8 Å². The highest BCUT2D eigenvalue weighted by molar-refractivity contribution is 9.10. The van der Waals surface area contributed by atoms with Crippen LogP contribution in [-0.2, 0) is 4.74 Å². The molecule has 1 fully saturated rings. The van der Waals surface area contributed by atoms with Gasteiger partial charge in [-0.25, -0.2) is 0 Å². The van der Waals surface area contributed by atoms with Gasteiger partial charge in [0.15, 0.2) is 0 Å². The van der Waals surface area contributed by atoms with Gasteiger partial charge in [-0.1, -0.05) is 28.9 Å². The lowest BCUT2D eigenvalue weighted by atomic mass is 9.91. The van der Waals surface area contributed by atoms with Crippen LogP contribution in [0.5, 0.6) is 5.75 Å². The van der Waals surface area contributed by atoms with Gasteiger partial charge in [0.1, 0.15) is 5.75 Å². The molecule has 4 heteroatoms. The third-order valence-electron chi connectivity index (χ3n) is 3.67. The van der Waals surface area contributed by atoms with Gasteiger partial charge in [-0.3, -0.25) is 0 Å². The van der Waals surface area contributed by atoms with Crippen LogP contribution in [0.1, 0.15) is 31.9 Å². The van der Waals surface area contributed by atoms with E-state index in [-0.39, 0.29) is 0 Å². The van der Waals surface area contributed by atoms with Crippen LogP contribution in [0.25, 0.3) is 0 Å². The van der Waals surface area contributed by atoms with Crippen LogP contribution < -0.4 is 10.1 Å². The standard InChI is InChI=1S/C15H22BrNO2/c1-4-17-15(11-7-10(2)19-9-11)13-6-5-12(18-3)8-14(13)16/h5-6,8,10-11,15,17H,4,7,9H2,1-3H3. The van der Waals surface area contributed by atoms with E-state index in [1.54, 1.807) is 7.11 Å². The zero-order chi connectivity index (χ0) is 13.8. The summed E-state index contributed by atoms with van der Waals surface area (Å²) in [6.45, 7) is 6.07. The Morgan fingerprint density at radius 3 is 2.84 bits per heavy atom. The molecule has 0 amide bonds. The predicted octanol–water partition coefficient (Wildman–Crippen LogP) is 3.53. The second kappa shape index (κ2) is 6.73. The zero-order valence-electron chi connectivity index (χ0n) is 11.8. The van der Waals surface area contributed by atoms with Gasteiger partial charge in [-0.05, 0) is 37.6 Å². The van der Waals surface area contributed by atoms with Gasteiger partial charge in [-0.2, -0.15) is 0 Å². The first-order valence-corrected chi connectivity index (χ1v) is 7.63. The molecule has 0 aliphatic carbocycles. The maximum atomic E-state index is 5.72. The molecule has 1 aromatic carbocycles. The van der Waals surface area contributed by atoms with Crippen LogP contribution >= 0.6 is 15.9 Å². The van der Waals surface area contributed by atoms with Crippen LogP contribution in [0.15, 0.2) is 22.7 Å². The SMILES string of the molecule is CCNC(c1ccc(OC)cc1Br)C1COC(C)C1. The predicted molar refractivity (Wildman–Crippen MR) is 80.6 cm³/mol. The van der Waals surface area contributed by atoms with Crippen molar-refractivity contribution in [3.05, 3.63) is 28.2 Å². The molecule has 1 aliphatic rings. The molecule has 1 aromatic rings. The quantitative estimate of drug-likeness (QED) is 0.897. The number of hydrogen-bond acceptors (Lipinski definition) is 3. The van der Waals surface area contributed by atoms with Gasteiger partial charge < -0.3 is 14.8 Å². The molecule has 106 valence electrons. The average Bonchev–Trinajstić information content (AvgIpc) is 2.83. The Morgan fingerprint density at radius 1 is 1.53 bits per heavy atom. The summed E-state index contributed by atoms with van der Waals surface area (Å²) in [6.07, 6.45) is 1.47. The van der Waals surface area contributed by atoms with E-state index in [1.807, 2.05) is 12.1 Å². The third-order valence-corrected chi connectivity index (χ3v) is 4.35. The van der Waals surface area contributed by atoms with Gasteiger partial charge in [0, 0.05) is 16.4 Å². The molecular weight excluding hydrogens is 306 g/mol. The summed E-state index contributed by atoms with van der Waals surface area (Å²) in [4.78, 5) is 0. The summed E-state index contributed by atoms with van der Waals surface area (Å²) in [5.41, 5.74) is 1.28. The number of ether oxygens (including phenoxy) is 2. The van der Waals surface area contributed by atoms with Crippen molar-refractivity contribution in [2.75, 3.05) is 20.3 Å². The second-order valence-electron chi connectivity index (χ2n) is 5.06. The first-order valence-electron chi connectivity index (χ1n) is 6.84. The highest BCUT2D eigenvalue weighted by atomic mass is 79.9. The molecule has 1 N–H and O–H groups in total. The highest BCUT2D eigenvalue weighted by Crippen LogP contribution is 2.36. The van der Waals surface area contributed by atoms with E-state index in [2.05, 4.69) is 41.2 Å². The normalized spacial score (nSPS) is 24.4. The van der Waals surface area contributed by atoms with Crippen molar-refractivity contribution in [2.45, 2.75) is 32.4 Å². The molecular formula is C15H22BrNO2. The number of methoxy groups -OCH3 is 1. The molecule has 3 unspecified atom stereocenters. The molecule has 0 aromatic heterocycles. The van der Waals surface area contributed by atoms with E-state index in [0.29, 0.717) is 18.1 Å². The van der Waals surface area contributed by atoms with Crippen LogP contribution in [0.4, 0.5) is 0 Å². The smallest absolute Gasteiger partial charge is 0.120 e. The van der Waals surface area contributed by atoms with Crippen molar-refractivity contribution < 1.29 is 9.47 Å². The third kappa shape index (κ3) is 3.50. The summed E-state index contributed by atoms with van der Waals surface area (Å²) < 4.78 is 12.1. The minimum atomic E-state index is 0.329. The van der Waals surface area contributed by atoms with Crippen molar-refractivity contribution in [1.29, 1.82) is 0 Å². The summed E-state index contributed by atoms with van der Waals surface area (Å²) in [6, 6.07) is 6.51. The number of halogens is 1. The van der Waals surface area contributed by atoms with Crippen molar-refractivity contribution in [3.63, 3.8) is 0 Å². The van der Waals surface area contributed by atoms with Gasteiger partial charge in [0.2, 0.25) is 0 Å². The molecule has 1 aliphatic heterocycles. The van der Waals surface area contributed by atoms with Crippen molar-refractivity contribution in [2.24, 2.45) is 5.92 Å². The Labute approximate surface area is 123 Å². The minimum absolute atomic E-state index is 0.329. The first-order chi connectivity index (χ1) is 9.15. The van der Waals surface area contributed by atoms with Crippen molar-refractivity contribution in [3.8, 4) is 5.75 Å². The summed E-state index contributed by atoms with van der Waals surface area (Å²) in [5, 5.41) is 3.59. The molecule has 1 saturated heterocycles. The minimum Gasteiger partial charge on any atom is -0.497 e. The molecule has 0 spiro atoms. The van der Waals surface area contributed by atoms with E-state index in [1.165, 1.54) is 5.56 Å². The largest absolute Gasteiger partial charge is 0.497 e. The van der Waals surface area contributed by atoms with Crippen LogP contribution in [0.3, 0.4) is 0 Å². The summed E-state index contributed by atoms with van der Waals surface area (Å²) in [7, 11) is 1.69. The fourth-order valence-corrected chi connectivity index (χ4v) is 3.32. The topological polar surface area (TPSA) is 30.5 Å². The summed E-state index contributed by atoms with van der Waals surface area (Å²) >= 11 is 3.66. The Morgan fingerprint density at radius 2 is 2.32 bits per heavy atom. The molecule has 19 heavy (non-hydrogen) atoms. The molecule has 0 radical (unpaired) electrons. The molecule has 3 nitrogen and oxygen atoms in total. The lowest BCUT2D eigenvalue weighted by Gasteiger charge is -2.25. The zero-order valence-corrected chi connectivity index (χ0v) is 13.4. The second-order valence-corrected chi connectivity index (χ2v) is 5.92. The lowest BCUT2D eigenvalue weighted by Crippen LogP contribution is -2.29.